The average Bonchev–Trinajstić information content (AvgIpc) is 3.24. The van der Waals surface area contributed by atoms with Crippen LogP contribution in [0.5, 0.6) is 11.6 Å². The van der Waals surface area contributed by atoms with E-state index in [-0.39, 0.29) is 36.3 Å². The fourth-order valence-corrected chi connectivity index (χ4v) is 2.83. The number of ether oxygens (including phenoxy) is 2. The lowest BCUT2D eigenvalue weighted by atomic mass is 10.2. The summed E-state index contributed by atoms with van der Waals surface area (Å²) < 4.78 is 39.8. The Morgan fingerprint density at radius 1 is 1.13 bits per heavy atom. The number of aromatic nitrogens is 3. The van der Waals surface area contributed by atoms with Gasteiger partial charge in [0.15, 0.2) is 11.6 Å². The van der Waals surface area contributed by atoms with Crippen LogP contribution in [0, 0.1) is 34.3 Å². The first-order valence-corrected chi connectivity index (χ1v) is 8.91. The summed E-state index contributed by atoms with van der Waals surface area (Å²) in [5, 5.41) is 20.3. The molecule has 0 amide bonds. The molecule has 0 spiro atoms. The topological polar surface area (TPSA) is 117 Å². The number of allylic oxidation sites excluding steroid dienone is 1. The molecular weight excluding hydrogens is 406 g/mol. The minimum Gasteiger partial charge on any atom is -0.432 e. The third kappa shape index (κ3) is 4.29. The fraction of sp³-hybridized carbons (Fsp3) is 0.0952. The largest absolute Gasteiger partial charge is 0.432 e. The average molecular weight is 418 g/mol. The monoisotopic (exact) mass is 418 g/mol. The molecule has 8 nitrogen and oxygen atoms in total. The van der Waals surface area contributed by atoms with Gasteiger partial charge in [0.05, 0.1) is 42.4 Å². The van der Waals surface area contributed by atoms with E-state index in [1.54, 1.807) is 12.1 Å². The van der Waals surface area contributed by atoms with Crippen LogP contribution in [0.2, 0.25) is 0 Å². The van der Waals surface area contributed by atoms with Crippen LogP contribution in [0.3, 0.4) is 0 Å². The van der Waals surface area contributed by atoms with Crippen LogP contribution in [-0.2, 0) is 18.0 Å². The second-order valence-corrected chi connectivity index (χ2v) is 6.32. The second-order valence-electron chi connectivity index (χ2n) is 6.32. The fourth-order valence-electron chi connectivity index (χ4n) is 2.83. The third-order valence-corrected chi connectivity index (χ3v) is 4.24. The number of rotatable bonds is 5. The highest BCUT2D eigenvalue weighted by molar-refractivity contribution is 5.56. The van der Waals surface area contributed by atoms with Gasteiger partial charge in [0.25, 0.3) is 0 Å². The van der Waals surface area contributed by atoms with E-state index in [1.807, 2.05) is 6.07 Å². The van der Waals surface area contributed by atoms with Crippen LogP contribution >= 0.6 is 0 Å². The Morgan fingerprint density at radius 3 is 2.61 bits per heavy atom. The predicted octanol–water partition coefficient (Wildman–Crippen LogP) is 4.12. The molecule has 3 heterocycles. The first-order valence-electron chi connectivity index (χ1n) is 8.91. The molecule has 4 rings (SSSR count). The molecule has 1 aliphatic rings. The molecule has 0 aliphatic carbocycles. The number of nitrogens with zero attached hydrogens (tertiary/aromatic N) is 5. The minimum absolute atomic E-state index is 0.0512. The highest BCUT2D eigenvalue weighted by atomic mass is 19.1. The summed E-state index contributed by atoms with van der Waals surface area (Å²) in [6.07, 6.45) is 3.82. The maximum Gasteiger partial charge on any atom is 0.230 e. The molecule has 152 valence electrons. The van der Waals surface area contributed by atoms with Crippen molar-refractivity contribution in [2.75, 3.05) is 5.32 Å². The Morgan fingerprint density at radius 2 is 1.94 bits per heavy atom. The lowest BCUT2D eigenvalue weighted by Gasteiger charge is -2.13. The van der Waals surface area contributed by atoms with E-state index in [1.165, 1.54) is 18.3 Å². The van der Waals surface area contributed by atoms with Crippen molar-refractivity contribution in [1.82, 2.24) is 15.0 Å². The Bertz CT molecular complexity index is 1240. The smallest absolute Gasteiger partial charge is 0.230 e. The van der Waals surface area contributed by atoms with Crippen molar-refractivity contribution in [3.05, 3.63) is 70.7 Å². The number of hydrogen-bond donors (Lipinski definition) is 1. The standard InChI is InChI=1S/C21H12F2N6O2/c22-16-6-12(2-1-5-24)7-17(23)19(16)31-20-15-10-30-11-18(15)28-21(29-20)27-14-4-3-13(8-25)26-9-14/h1-4,6-7,9H,10-11H2,(H,27,28,29)/b2-1+. The molecular formula is C21H12F2N6O2. The number of nitrogens with one attached hydrogen (secondary N) is 1. The van der Waals surface area contributed by atoms with Crippen molar-refractivity contribution < 1.29 is 18.3 Å². The van der Waals surface area contributed by atoms with Gasteiger partial charge in [0, 0.05) is 6.08 Å². The molecule has 3 aromatic rings. The lowest BCUT2D eigenvalue weighted by Crippen LogP contribution is -2.05. The van der Waals surface area contributed by atoms with E-state index in [0.717, 1.165) is 18.2 Å². The van der Waals surface area contributed by atoms with Gasteiger partial charge in [-0.1, -0.05) is 0 Å². The third-order valence-electron chi connectivity index (χ3n) is 4.24. The van der Waals surface area contributed by atoms with Crippen LogP contribution in [0.25, 0.3) is 6.08 Å². The maximum atomic E-state index is 14.5. The number of benzene rings is 1. The van der Waals surface area contributed by atoms with Gasteiger partial charge in [-0.3, -0.25) is 0 Å². The van der Waals surface area contributed by atoms with Crippen molar-refractivity contribution in [3.63, 3.8) is 0 Å². The predicted molar refractivity (Wildman–Crippen MR) is 104 cm³/mol. The molecule has 0 saturated carbocycles. The summed E-state index contributed by atoms with van der Waals surface area (Å²) in [5.74, 6) is -2.47. The summed E-state index contributed by atoms with van der Waals surface area (Å²) in [5.41, 5.74) is 1.93. The Labute approximate surface area is 175 Å². The van der Waals surface area contributed by atoms with Gasteiger partial charge in [0.2, 0.25) is 17.6 Å². The molecule has 2 aromatic heterocycles. The lowest BCUT2D eigenvalue weighted by molar-refractivity contribution is 0.132. The van der Waals surface area contributed by atoms with Gasteiger partial charge in [-0.05, 0) is 35.9 Å². The Kier molecular flexibility index (Phi) is 5.47. The Hall–Kier alpha value is -4.41. The number of anilines is 2. The molecule has 1 aromatic carbocycles. The van der Waals surface area contributed by atoms with Gasteiger partial charge in [-0.2, -0.15) is 15.5 Å². The molecule has 0 fully saturated rings. The molecule has 0 saturated heterocycles. The normalized spacial score (nSPS) is 12.3. The van der Waals surface area contributed by atoms with Crippen LogP contribution < -0.4 is 10.1 Å². The molecule has 0 radical (unpaired) electrons. The summed E-state index contributed by atoms with van der Waals surface area (Å²) in [6.45, 7) is 0.326. The summed E-state index contributed by atoms with van der Waals surface area (Å²) >= 11 is 0. The Balaban J connectivity index is 1.66. The number of halogens is 2. The molecule has 1 aliphatic heterocycles. The molecule has 0 atom stereocenters. The van der Waals surface area contributed by atoms with Crippen molar-refractivity contribution in [1.29, 1.82) is 10.5 Å². The second kappa shape index (κ2) is 8.53. The van der Waals surface area contributed by atoms with Crippen LogP contribution in [0.15, 0.2) is 36.5 Å². The number of nitriles is 2. The van der Waals surface area contributed by atoms with Crippen molar-refractivity contribution in [2.45, 2.75) is 13.2 Å². The molecule has 0 unspecified atom stereocenters. The zero-order valence-corrected chi connectivity index (χ0v) is 15.8. The van der Waals surface area contributed by atoms with E-state index in [9.17, 15) is 8.78 Å². The molecule has 1 N–H and O–H groups in total. The summed E-state index contributed by atoms with van der Waals surface area (Å²) in [4.78, 5) is 12.5. The maximum absolute atomic E-state index is 14.5. The van der Waals surface area contributed by atoms with Gasteiger partial charge in [0.1, 0.15) is 11.8 Å². The zero-order chi connectivity index (χ0) is 21.8. The van der Waals surface area contributed by atoms with E-state index >= 15 is 0 Å². The van der Waals surface area contributed by atoms with E-state index in [2.05, 4.69) is 20.3 Å². The SMILES string of the molecule is N#C/C=C/c1cc(F)c(Oc2nc(Nc3ccc(C#N)nc3)nc3c2COC3)c(F)c1. The van der Waals surface area contributed by atoms with Gasteiger partial charge in [-0.15, -0.1) is 0 Å². The van der Waals surface area contributed by atoms with Crippen molar-refractivity contribution in [3.8, 4) is 23.8 Å². The van der Waals surface area contributed by atoms with Crippen LogP contribution in [-0.4, -0.2) is 15.0 Å². The first-order chi connectivity index (χ1) is 15.1. The quantitative estimate of drug-likeness (QED) is 0.615. The van der Waals surface area contributed by atoms with Gasteiger partial charge in [-0.25, -0.2) is 18.7 Å². The van der Waals surface area contributed by atoms with Crippen LogP contribution in [0.1, 0.15) is 22.5 Å². The highest BCUT2D eigenvalue weighted by Gasteiger charge is 2.24. The number of fused-ring (bicyclic) bond motifs is 1. The summed E-state index contributed by atoms with van der Waals surface area (Å²) in [7, 11) is 0. The number of hydrogen-bond acceptors (Lipinski definition) is 8. The molecule has 31 heavy (non-hydrogen) atoms. The van der Waals surface area contributed by atoms with Crippen molar-refractivity contribution >= 4 is 17.7 Å². The van der Waals surface area contributed by atoms with E-state index in [0.29, 0.717) is 16.9 Å². The number of pyridine rings is 1. The van der Waals surface area contributed by atoms with E-state index in [4.69, 9.17) is 20.0 Å². The van der Waals surface area contributed by atoms with Gasteiger partial charge >= 0.3 is 0 Å². The molecule has 10 heteroatoms. The van der Waals surface area contributed by atoms with E-state index < -0.39 is 17.4 Å². The van der Waals surface area contributed by atoms with Crippen LogP contribution in [0.4, 0.5) is 20.4 Å². The highest BCUT2D eigenvalue weighted by Crippen LogP contribution is 2.34. The molecule has 0 bridgehead atoms. The summed E-state index contributed by atoms with van der Waals surface area (Å²) in [6, 6.07) is 8.90. The minimum atomic E-state index is -0.949. The zero-order valence-electron chi connectivity index (χ0n) is 15.8. The van der Waals surface area contributed by atoms with Gasteiger partial charge < -0.3 is 14.8 Å². The van der Waals surface area contributed by atoms with Crippen molar-refractivity contribution in [2.24, 2.45) is 0 Å². The first kappa shape index (κ1) is 19.9.